The molecule has 0 aliphatic heterocycles. The largest absolute Gasteiger partial charge is 0.501 e. The summed E-state index contributed by atoms with van der Waals surface area (Å²) in [6.45, 7) is 2.06. The number of amides is 2. The Kier molecular flexibility index (Phi) is 7.68. The van der Waals surface area contributed by atoms with Gasteiger partial charge in [-0.25, -0.2) is 12.8 Å². The van der Waals surface area contributed by atoms with Crippen molar-refractivity contribution in [3.63, 3.8) is 0 Å². The van der Waals surface area contributed by atoms with Gasteiger partial charge in [0, 0.05) is 17.8 Å². The van der Waals surface area contributed by atoms with Crippen molar-refractivity contribution in [1.82, 2.24) is 5.32 Å². The van der Waals surface area contributed by atoms with Crippen LogP contribution in [-0.2, 0) is 14.6 Å². The van der Waals surface area contributed by atoms with Crippen molar-refractivity contribution in [2.75, 3.05) is 12.4 Å². The zero-order valence-electron chi connectivity index (χ0n) is 22.3. The minimum atomic E-state index is -5.60. The molecular formula is C28H30F4N2O6S. The van der Waals surface area contributed by atoms with Gasteiger partial charge in [0.2, 0.25) is 5.91 Å². The third-order valence-electron chi connectivity index (χ3n) is 8.36. The number of anilines is 1. The van der Waals surface area contributed by atoms with Gasteiger partial charge in [0.05, 0.1) is 29.6 Å². The van der Waals surface area contributed by atoms with E-state index in [2.05, 4.69) is 17.6 Å². The lowest BCUT2D eigenvalue weighted by Crippen LogP contribution is -2.48. The fourth-order valence-corrected chi connectivity index (χ4v) is 7.09. The van der Waals surface area contributed by atoms with E-state index in [1.165, 1.54) is 19.2 Å². The van der Waals surface area contributed by atoms with Crippen LogP contribution in [0.15, 0.2) is 41.3 Å². The molecule has 2 aromatic rings. The average molecular weight is 599 g/mol. The topological polar surface area (TPSA) is 111 Å². The number of benzene rings is 2. The Morgan fingerprint density at radius 3 is 2.37 bits per heavy atom. The van der Waals surface area contributed by atoms with Gasteiger partial charge in [-0.2, -0.15) is 13.2 Å². The standard InChI is InChI=1S/C28H30F4N2O6S/c1-14-8-18(9-14)40-23-12-20(22(39-2)13-21(23)29)26(35)34-25-16-7-6-15(10-16)24(25)27(36)33-17-4-3-5-19(11-17)41(37,38)28(30,31)32/h3-5,11-16,18,24-25H,6-10H2,1-2H3,(H,33,36)(H,34,35)/t14-,15-,16+,18+,24-,25+/m0/s1. The van der Waals surface area contributed by atoms with E-state index >= 15 is 0 Å². The van der Waals surface area contributed by atoms with Crippen LogP contribution in [0.5, 0.6) is 11.5 Å². The highest BCUT2D eigenvalue weighted by Gasteiger charge is 2.52. The molecule has 0 saturated heterocycles. The summed E-state index contributed by atoms with van der Waals surface area (Å²) in [6.07, 6.45) is 3.58. The molecule has 0 unspecified atom stereocenters. The normalized spacial score (nSPS) is 27.2. The number of rotatable bonds is 8. The molecule has 3 fully saturated rings. The Hall–Kier alpha value is -3.35. The monoisotopic (exact) mass is 598 g/mol. The molecule has 3 aliphatic carbocycles. The van der Waals surface area contributed by atoms with Crippen molar-refractivity contribution in [3.05, 3.63) is 47.8 Å². The summed E-state index contributed by atoms with van der Waals surface area (Å²) >= 11 is 0. The highest BCUT2D eigenvalue weighted by atomic mass is 32.2. The number of nitrogens with one attached hydrogen (secondary N) is 2. The minimum absolute atomic E-state index is 0.00109. The maximum atomic E-state index is 14.7. The number of hydrogen-bond donors (Lipinski definition) is 2. The van der Waals surface area contributed by atoms with Gasteiger partial charge in [-0.15, -0.1) is 0 Å². The van der Waals surface area contributed by atoms with Crippen LogP contribution in [-0.4, -0.2) is 45.0 Å². The van der Waals surface area contributed by atoms with E-state index in [4.69, 9.17) is 9.47 Å². The molecule has 0 aromatic heterocycles. The minimum Gasteiger partial charge on any atom is -0.496 e. The van der Waals surface area contributed by atoms with E-state index in [0.29, 0.717) is 12.3 Å². The van der Waals surface area contributed by atoms with Crippen LogP contribution < -0.4 is 20.1 Å². The molecule has 13 heteroatoms. The molecule has 0 radical (unpaired) electrons. The Morgan fingerprint density at radius 1 is 1.00 bits per heavy atom. The molecule has 2 bridgehead atoms. The molecule has 3 saturated carbocycles. The number of carbonyl (C=O) groups is 2. The number of alkyl halides is 3. The van der Waals surface area contributed by atoms with Crippen LogP contribution in [0.2, 0.25) is 0 Å². The lowest BCUT2D eigenvalue weighted by Gasteiger charge is -2.33. The van der Waals surface area contributed by atoms with Crippen LogP contribution >= 0.6 is 0 Å². The molecule has 4 atom stereocenters. The summed E-state index contributed by atoms with van der Waals surface area (Å²) < 4.78 is 88.4. The fourth-order valence-electron chi connectivity index (χ4n) is 6.28. The molecule has 3 aliphatic rings. The first kappa shape index (κ1) is 29.2. The summed E-state index contributed by atoms with van der Waals surface area (Å²) in [6, 6.07) is 5.74. The highest BCUT2D eigenvalue weighted by Crippen LogP contribution is 2.49. The molecular weight excluding hydrogens is 568 g/mol. The van der Waals surface area contributed by atoms with Crippen molar-refractivity contribution < 1.29 is 45.0 Å². The maximum absolute atomic E-state index is 14.7. The van der Waals surface area contributed by atoms with E-state index in [1.54, 1.807) is 0 Å². The van der Waals surface area contributed by atoms with E-state index in [9.17, 15) is 35.6 Å². The smallest absolute Gasteiger partial charge is 0.496 e. The van der Waals surface area contributed by atoms with Crippen molar-refractivity contribution in [2.24, 2.45) is 23.7 Å². The molecule has 0 spiro atoms. The molecule has 0 heterocycles. The van der Waals surface area contributed by atoms with Gasteiger partial charge in [-0.05, 0) is 74.1 Å². The van der Waals surface area contributed by atoms with Gasteiger partial charge < -0.3 is 20.1 Å². The number of ether oxygens (including phenoxy) is 2. The summed E-state index contributed by atoms with van der Waals surface area (Å²) in [5.41, 5.74) is -5.55. The molecule has 5 rings (SSSR count). The third-order valence-corrected chi connectivity index (χ3v) is 9.84. The first-order valence-corrected chi connectivity index (χ1v) is 14.8. The first-order valence-electron chi connectivity index (χ1n) is 13.4. The van der Waals surface area contributed by atoms with Crippen LogP contribution in [0.3, 0.4) is 0 Å². The Balaban J connectivity index is 1.34. The predicted octanol–water partition coefficient (Wildman–Crippen LogP) is 5.09. The number of methoxy groups -OCH3 is 1. The van der Waals surface area contributed by atoms with Crippen molar-refractivity contribution in [2.45, 2.75) is 61.6 Å². The van der Waals surface area contributed by atoms with E-state index in [-0.39, 0.29) is 40.7 Å². The number of carbonyl (C=O) groups excluding carboxylic acids is 2. The number of halogens is 4. The van der Waals surface area contributed by atoms with Gasteiger partial charge >= 0.3 is 5.51 Å². The van der Waals surface area contributed by atoms with Crippen molar-refractivity contribution in [1.29, 1.82) is 0 Å². The quantitative estimate of drug-likeness (QED) is 0.410. The molecule has 41 heavy (non-hydrogen) atoms. The van der Waals surface area contributed by atoms with E-state index in [1.807, 2.05) is 0 Å². The lowest BCUT2D eigenvalue weighted by atomic mass is 9.83. The summed E-state index contributed by atoms with van der Waals surface area (Å²) in [7, 11) is -4.29. The van der Waals surface area contributed by atoms with E-state index < -0.39 is 49.8 Å². The molecule has 2 N–H and O–H groups in total. The average Bonchev–Trinajstić information content (AvgIpc) is 3.50. The number of sulfone groups is 1. The molecule has 8 nitrogen and oxygen atoms in total. The second-order valence-corrected chi connectivity index (χ2v) is 13.1. The highest BCUT2D eigenvalue weighted by molar-refractivity contribution is 7.92. The predicted molar refractivity (Wildman–Crippen MR) is 140 cm³/mol. The lowest BCUT2D eigenvalue weighted by molar-refractivity contribution is -0.122. The zero-order chi connectivity index (χ0) is 29.7. The first-order chi connectivity index (χ1) is 19.3. The van der Waals surface area contributed by atoms with Gasteiger partial charge in [0.15, 0.2) is 11.6 Å². The second kappa shape index (κ2) is 10.8. The summed E-state index contributed by atoms with van der Waals surface area (Å²) in [5.74, 6) is -2.19. The zero-order valence-corrected chi connectivity index (χ0v) is 23.1. The molecule has 222 valence electrons. The SMILES string of the molecule is COc1cc(F)c(O[C@H]2C[C@@H](C)C2)cc1C(=O)N[C@@H]1[C@@H]2CC[C@@H](C2)[C@@H]1C(=O)Nc1cccc(S(=O)(=O)C(F)(F)F)c1. The summed E-state index contributed by atoms with van der Waals surface area (Å²) in [4.78, 5) is 25.8. The molecule has 2 aromatic carbocycles. The van der Waals surface area contributed by atoms with Crippen molar-refractivity contribution >= 4 is 27.3 Å². The van der Waals surface area contributed by atoms with Crippen molar-refractivity contribution in [3.8, 4) is 11.5 Å². The van der Waals surface area contributed by atoms with Crippen LogP contribution in [0, 0.1) is 29.5 Å². The van der Waals surface area contributed by atoms with Crippen LogP contribution in [0.25, 0.3) is 0 Å². The van der Waals surface area contributed by atoms with Crippen LogP contribution in [0.1, 0.15) is 49.4 Å². The third kappa shape index (κ3) is 5.60. The maximum Gasteiger partial charge on any atom is 0.501 e. The van der Waals surface area contributed by atoms with E-state index in [0.717, 1.165) is 49.9 Å². The second-order valence-electron chi connectivity index (χ2n) is 11.1. The van der Waals surface area contributed by atoms with Gasteiger partial charge in [-0.3, -0.25) is 9.59 Å². The van der Waals surface area contributed by atoms with Gasteiger partial charge in [-0.1, -0.05) is 13.0 Å². The Morgan fingerprint density at radius 2 is 1.71 bits per heavy atom. The number of hydrogen-bond acceptors (Lipinski definition) is 6. The summed E-state index contributed by atoms with van der Waals surface area (Å²) in [5, 5.41) is 5.44. The van der Waals surface area contributed by atoms with Gasteiger partial charge in [0.1, 0.15) is 5.75 Å². The number of fused-ring (bicyclic) bond motifs is 2. The fraction of sp³-hybridized carbons (Fsp3) is 0.500. The Labute approximate surface area is 234 Å². The van der Waals surface area contributed by atoms with Crippen LogP contribution in [0.4, 0.5) is 23.2 Å². The Bertz CT molecular complexity index is 1460. The molecule has 2 amide bonds. The van der Waals surface area contributed by atoms with Gasteiger partial charge in [0.25, 0.3) is 15.7 Å².